The number of nitrogens with zero attached hydrogens (tertiary/aromatic N) is 1. The zero-order chi connectivity index (χ0) is 19.1. The molecule has 0 atom stereocenters. The van der Waals surface area contributed by atoms with Gasteiger partial charge in [-0.1, -0.05) is 13.3 Å². The Bertz CT molecular complexity index is 1090. The standard InChI is InChI=1S/C21H19F2NO3/c1-3-4-13-8-19(25)27-21-12(2)20-14(7-16(13)21)10-24(11-26-20)15-5-6-17(22)18(23)9-15/h5-9H,3-4,10-11H2,1-2H3. The summed E-state index contributed by atoms with van der Waals surface area (Å²) in [7, 11) is 0. The van der Waals surface area contributed by atoms with E-state index >= 15 is 0 Å². The highest BCUT2D eigenvalue weighted by atomic mass is 19.2. The Hall–Kier alpha value is -2.89. The number of benzene rings is 2. The molecule has 2 heterocycles. The van der Waals surface area contributed by atoms with E-state index in [-0.39, 0.29) is 12.4 Å². The molecule has 0 aliphatic carbocycles. The molecule has 0 N–H and O–H groups in total. The van der Waals surface area contributed by atoms with Crippen LogP contribution in [0.4, 0.5) is 14.5 Å². The van der Waals surface area contributed by atoms with Crippen molar-refractivity contribution in [1.29, 1.82) is 0 Å². The summed E-state index contributed by atoms with van der Waals surface area (Å²) in [6.45, 7) is 4.61. The van der Waals surface area contributed by atoms with E-state index in [9.17, 15) is 13.6 Å². The minimum Gasteiger partial charge on any atom is -0.472 e. The van der Waals surface area contributed by atoms with Crippen molar-refractivity contribution < 1.29 is 17.9 Å². The highest BCUT2D eigenvalue weighted by Gasteiger charge is 2.23. The van der Waals surface area contributed by atoms with Crippen LogP contribution in [0.2, 0.25) is 0 Å². The third-order valence-electron chi connectivity index (χ3n) is 4.89. The van der Waals surface area contributed by atoms with Gasteiger partial charge in [-0.25, -0.2) is 13.6 Å². The van der Waals surface area contributed by atoms with E-state index in [0.29, 0.717) is 23.6 Å². The summed E-state index contributed by atoms with van der Waals surface area (Å²) in [5, 5.41) is 0.892. The van der Waals surface area contributed by atoms with E-state index in [1.807, 2.05) is 17.9 Å². The summed E-state index contributed by atoms with van der Waals surface area (Å²) in [5.41, 5.74) is 3.37. The smallest absolute Gasteiger partial charge is 0.336 e. The van der Waals surface area contributed by atoms with Gasteiger partial charge in [-0.2, -0.15) is 0 Å². The van der Waals surface area contributed by atoms with E-state index in [4.69, 9.17) is 9.15 Å². The number of fused-ring (bicyclic) bond motifs is 2. The summed E-state index contributed by atoms with van der Waals surface area (Å²) in [4.78, 5) is 13.7. The van der Waals surface area contributed by atoms with Crippen molar-refractivity contribution in [3.63, 3.8) is 0 Å². The maximum absolute atomic E-state index is 13.6. The largest absolute Gasteiger partial charge is 0.472 e. The lowest BCUT2D eigenvalue weighted by Gasteiger charge is -2.32. The Morgan fingerprint density at radius 1 is 1.15 bits per heavy atom. The van der Waals surface area contributed by atoms with Gasteiger partial charge in [0.2, 0.25) is 0 Å². The molecule has 3 aromatic rings. The molecule has 0 amide bonds. The maximum atomic E-state index is 13.6. The number of hydrogen-bond donors (Lipinski definition) is 0. The fourth-order valence-corrected chi connectivity index (χ4v) is 3.61. The quantitative estimate of drug-likeness (QED) is 0.627. The van der Waals surface area contributed by atoms with Crippen LogP contribution in [0.1, 0.15) is 30.0 Å². The van der Waals surface area contributed by atoms with Gasteiger partial charge in [0.15, 0.2) is 18.4 Å². The van der Waals surface area contributed by atoms with E-state index in [1.165, 1.54) is 18.2 Å². The molecule has 27 heavy (non-hydrogen) atoms. The Kier molecular flexibility index (Phi) is 4.34. The van der Waals surface area contributed by atoms with Crippen molar-refractivity contribution in [3.8, 4) is 5.75 Å². The van der Waals surface area contributed by atoms with E-state index in [2.05, 4.69) is 6.92 Å². The van der Waals surface area contributed by atoms with Crippen LogP contribution in [0, 0.1) is 18.6 Å². The average Bonchev–Trinajstić information content (AvgIpc) is 2.65. The number of aryl methyl sites for hydroxylation is 2. The van der Waals surface area contributed by atoms with E-state index < -0.39 is 11.6 Å². The molecule has 0 unspecified atom stereocenters. The molecular weight excluding hydrogens is 352 g/mol. The van der Waals surface area contributed by atoms with Gasteiger partial charge in [-0.05, 0) is 37.1 Å². The molecule has 140 valence electrons. The zero-order valence-corrected chi connectivity index (χ0v) is 15.1. The van der Waals surface area contributed by atoms with E-state index in [1.54, 1.807) is 0 Å². The van der Waals surface area contributed by atoms with Crippen molar-refractivity contribution in [2.45, 2.75) is 33.2 Å². The third-order valence-corrected chi connectivity index (χ3v) is 4.89. The van der Waals surface area contributed by atoms with Gasteiger partial charge in [0.05, 0.1) is 0 Å². The Morgan fingerprint density at radius 2 is 1.96 bits per heavy atom. The SMILES string of the molecule is CCCc1cc(=O)oc2c(C)c3c(cc12)CN(c1ccc(F)c(F)c1)CO3. The fraction of sp³-hybridized carbons (Fsp3) is 0.286. The first kappa shape index (κ1) is 17.5. The molecule has 1 aliphatic heterocycles. The normalized spacial score (nSPS) is 13.6. The number of anilines is 1. The second kappa shape index (κ2) is 6.68. The van der Waals surface area contributed by atoms with Crippen LogP contribution < -0.4 is 15.3 Å². The van der Waals surface area contributed by atoms with Crippen LogP contribution >= 0.6 is 0 Å². The van der Waals surface area contributed by atoms with Gasteiger partial charge in [-0.3, -0.25) is 0 Å². The molecule has 1 aromatic heterocycles. The monoisotopic (exact) mass is 371 g/mol. The third kappa shape index (κ3) is 3.05. The minimum absolute atomic E-state index is 0.198. The van der Waals surface area contributed by atoms with E-state index in [0.717, 1.165) is 41.0 Å². The van der Waals surface area contributed by atoms with Crippen LogP contribution in [0.3, 0.4) is 0 Å². The summed E-state index contributed by atoms with van der Waals surface area (Å²) in [6.07, 6.45) is 1.68. The van der Waals surface area contributed by atoms with Crippen molar-refractivity contribution in [2.24, 2.45) is 0 Å². The molecule has 0 saturated heterocycles. The van der Waals surface area contributed by atoms with Gasteiger partial charge < -0.3 is 14.1 Å². The molecule has 0 radical (unpaired) electrons. The first-order valence-electron chi connectivity index (χ1n) is 8.90. The van der Waals surface area contributed by atoms with Crippen molar-refractivity contribution in [3.05, 3.63) is 69.1 Å². The number of hydrogen-bond acceptors (Lipinski definition) is 4. The van der Waals surface area contributed by atoms with Crippen LogP contribution in [-0.2, 0) is 13.0 Å². The molecule has 4 rings (SSSR count). The summed E-state index contributed by atoms with van der Waals surface area (Å²) in [5.74, 6) is -1.09. The Labute approximate surface area is 155 Å². The van der Waals surface area contributed by atoms with Crippen molar-refractivity contribution in [2.75, 3.05) is 11.6 Å². The van der Waals surface area contributed by atoms with Gasteiger partial charge in [-0.15, -0.1) is 0 Å². The summed E-state index contributed by atoms with van der Waals surface area (Å²) < 4.78 is 38.1. The lowest BCUT2D eigenvalue weighted by molar-refractivity contribution is 0.287. The molecule has 0 fully saturated rings. The van der Waals surface area contributed by atoms with Crippen LogP contribution in [-0.4, -0.2) is 6.73 Å². The van der Waals surface area contributed by atoms with Crippen LogP contribution in [0.5, 0.6) is 5.75 Å². The van der Waals surface area contributed by atoms with Gasteiger partial charge >= 0.3 is 5.63 Å². The fourth-order valence-electron chi connectivity index (χ4n) is 3.61. The molecule has 4 nitrogen and oxygen atoms in total. The highest BCUT2D eigenvalue weighted by molar-refractivity contribution is 5.86. The minimum atomic E-state index is -0.889. The number of rotatable bonds is 3. The second-order valence-corrected chi connectivity index (χ2v) is 6.78. The average molecular weight is 371 g/mol. The molecule has 0 saturated carbocycles. The molecule has 1 aliphatic rings. The van der Waals surface area contributed by atoms with Crippen molar-refractivity contribution in [1.82, 2.24) is 0 Å². The van der Waals surface area contributed by atoms with Crippen molar-refractivity contribution >= 4 is 16.7 Å². The maximum Gasteiger partial charge on any atom is 0.336 e. The highest BCUT2D eigenvalue weighted by Crippen LogP contribution is 2.37. The molecule has 6 heteroatoms. The summed E-state index contributed by atoms with van der Waals surface area (Å²) in [6, 6.07) is 7.31. The Morgan fingerprint density at radius 3 is 2.70 bits per heavy atom. The summed E-state index contributed by atoms with van der Waals surface area (Å²) >= 11 is 0. The van der Waals surface area contributed by atoms with Gasteiger partial charge in [0.1, 0.15) is 11.3 Å². The van der Waals surface area contributed by atoms with Gasteiger partial charge in [0.25, 0.3) is 0 Å². The first-order chi connectivity index (χ1) is 13.0. The Balaban J connectivity index is 1.80. The van der Waals surface area contributed by atoms with Gasteiger partial charge in [0, 0.05) is 40.9 Å². The lowest BCUT2D eigenvalue weighted by Crippen LogP contribution is -2.32. The molecule has 0 bridgehead atoms. The second-order valence-electron chi connectivity index (χ2n) is 6.78. The van der Waals surface area contributed by atoms with Crippen LogP contribution in [0.15, 0.2) is 39.5 Å². The molecule has 0 spiro atoms. The topological polar surface area (TPSA) is 42.7 Å². The van der Waals surface area contributed by atoms with Crippen LogP contribution in [0.25, 0.3) is 11.0 Å². The predicted molar refractivity (Wildman–Crippen MR) is 99.3 cm³/mol. The molecule has 2 aromatic carbocycles. The lowest BCUT2D eigenvalue weighted by atomic mass is 9.98. The first-order valence-corrected chi connectivity index (χ1v) is 8.90. The number of halogens is 2. The predicted octanol–water partition coefficient (Wildman–Crippen LogP) is 4.69. The molecular formula is C21H19F2NO3. The zero-order valence-electron chi connectivity index (χ0n) is 15.1. The number of ether oxygens (including phenoxy) is 1.